The number of hydrogen-bond acceptors (Lipinski definition) is 5. The molecule has 0 radical (unpaired) electrons. The zero-order chi connectivity index (χ0) is 14.5. The number of methoxy groups -OCH3 is 1. The highest BCUT2D eigenvalue weighted by atomic mass is 16.7. The summed E-state index contributed by atoms with van der Waals surface area (Å²) in [5.74, 6) is 0.601. The number of carbonyl (C=O) groups is 2. The van der Waals surface area contributed by atoms with Gasteiger partial charge in [-0.15, -0.1) is 0 Å². The molecule has 1 aromatic rings. The predicted octanol–water partition coefficient (Wildman–Crippen LogP) is 1.06. The van der Waals surface area contributed by atoms with Gasteiger partial charge >= 0.3 is 5.97 Å². The summed E-state index contributed by atoms with van der Waals surface area (Å²) in [7, 11) is 2.81. The lowest BCUT2D eigenvalue weighted by atomic mass is 10.2. The van der Waals surface area contributed by atoms with E-state index in [9.17, 15) is 9.59 Å². The van der Waals surface area contributed by atoms with Crippen LogP contribution in [0, 0.1) is 0 Å². The van der Waals surface area contributed by atoms with Gasteiger partial charge in [0.1, 0.15) is 6.54 Å². The molecule has 0 spiro atoms. The van der Waals surface area contributed by atoms with Crippen molar-refractivity contribution in [3.05, 3.63) is 29.8 Å². The Morgan fingerprint density at radius 1 is 1.35 bits per heavy atom. The maximum Gasteiger partial charge on any atom is 0.325 e. The van der Waals surface area contributed by atoms with Crippen LogP contribution in [0.4, 0.5) is 0 Å². The Hall–Kier alpha value is -2.50. The third-order valence-electron chi connectivity index (χ3n) is 2.79. The van der Waals surface area contributed by atoms with Crippen LogP contribution in [0.2, 0.25) is 0 Å². The Labute approximate surface area is 116 Å². The van der Waals surface area contributed by atoms with Crippen LogP contribution in [0.3, 0.4) is 0 Å². The highest BCUT2D eigenvalue weighted by Gasteiger charge is 2.13. The summed E-state index contributed by atoms with van der Waals surface area (Å²) < 4.78 is 14.9. The second-order valence-electron chi connectivity index (χ2n) is 4.22. The van der Waals surface area contributed by atoms with E-state index in [4.69, 9.17) is 9.47 Å². The van der Waals surface area contributed by atoms with Gasteiger partial charge in [0.15, 0.2) is 11.5 Å². The fraction of sp³-hybridized carbons (Fsp3) is 0.286. The van der Waals surface area contributed by atoms with Gasteiger partial charge < -0.3 is 19.1 Å². The van der Waals surface area contributed by atoms with Crippen molar-refractivity contribution in [2.45, 2.75) is 0 Å². The van der Waals surface area contributed by atoms with Gasteiger partial charge in [0, 0.05) is 13.1 Å². The zero-order valence-corrected chi connectivity index (χ0v) is 11.3. The van der Waals surface area contributed by atoms with Crippen LogP contribution in [0.1, 0.15) is 5.56 Å². The van der Waals surface area contributed by atoms with Crippen molar-refractivity contribution in [1.82, 2.24) is 4.90 Å². The van der Waals surface area contributed by atoms with Crippen molar-refractivity contribution in [2.24, 2.45) is 0 Å². The van der Waals surface area contributed by atoms with Crippen molar-refractivity contribution >= 4 is 18.0 Å². The lowest BCUT2D eigenvalue weighted by Crippen LogP contribution is -2.31. The average molecular weight is 277 g/mol. The summed E-state index contributed by atoms with van der Waals surface area (Å²) in [5.41, 5.74) is 0.814. The van der Waals surface area contributed by atoms with Crippen LogP contribution in [0.15, 0.2) is 24.3 Å². The Morgan fingerprint density at radius 2 is 2.10 bits per heavy atom. The molecular weight excluding hydrogens is 262 g/mol. The van der Waals surface area contributed by atoms with Gasteiger partial charge in [-0.25, -0.2) is 0 Å². The van der Waals surface area contributed by atoms with E-state index in [1.165, 1.54) is 25.1 Å². The van der Waals surface area contributed by atoms with Crippen LogP contribution in [0.25, 0.3) is 6.08 Å². The normalized spacial score (nSPS) is 12.5. The SMILES string of the molecule is COC(=O)CN(C)C(=O)/C=C/c1ccc2c(c1)OCO2. The van der Waals surface area contributed by atoms with Gasteiger partial charge in [-0.05, 0) is 23.8 Å². The number of esters is 1. The van der Waals surface area contributed by atoms with E-state index < -0.39 is 5.97 Å². The number of benzene rings is 1. The van der Waals surface area contributed by atoms with E-state index in [1.807, 2.05) is 6.07 Å². The lowest BCUT2D eigenvalue weighted by Gasteiger charge is -2.12. The fourth-order valence-electron chi connectivity index (χ4n) is 1.65. The van der Waals surface area contributed by atoms with E-state index >= 15 is 0 Å². The summed E-state index contributed by atoms with van der Waals surface area (Å²) in [5, 5.41) is 0. The maximum atomic E-state index is 11.8. The molecule has 0 N–H and O–H groups in total. The molecule has 0 fully saturated rings. The predicted molar refractivity (Wildman–Crippen MR) is 71.3 cm³/mol. The quantitative estimate of drug-likeness (QED) is 0.608. The molecule has 2 rings (SSSR count). The largest absolute Gasteiger partial charge is 0.468 e. The van der Waals surface area contributed by atoms with Crippen LogP contribution >= 0.6 is 0 Å². The first-order chi connectivity index (χ1) is 9.60. The first kappa shape index (κ1) is 13.9. The van der Waals surface area contributed by atoms with Gasteiger partial charge in [-0.1, -0.05) is 6.07 Å². The summed E-state index contributed by atoms with van der Waals surface area (Å²) >= 11 is 0. The number of amides is 1. The number of rotatable bonds is 4. The molecule has 0 unspecified atom stereocenters. The highest BCUT2D eigenvalue weighted by molar-refractivity contribution is 5.93. The number of likely N-dealkylation sites (N-methyl/N-ethyl adjacent to an activating group) is 1. The van der Waals surface area contributed by atoms with E-state index in [0.717, 1.165) is 5.56 Å². The summed E-state index contributed by atoms with van der Waals surface area (Å²) in [6.45, 7) is 0.129. The lowest BCUT2D eigenvalue weighted by molar-refractivity contribution is -0.144. The molecule has 0 bridgehead atoms. The highest BCUT2D eigenvalue weighted by Crippen LogP contribution is 2.32. The smallest absolute Gasteiger partial charge is 0.325 e. The van der Waals surface area contributed by atoms with Crippen molar-refractivity contribution < 1.29 is 23.8 Å². The molecule has 0 saturated heterocycles. The Balaban J connectivity index is 1.98. The minimum atomic E-state index is -0.461. The molecule has 1 heterocycles. The zero-order valence-electron chi connectivity index (χ0n) is 11.3. The number of hydrogen-bond donors (Lipinski definition) is 0. The van der Waals surface area contributed by atoms with Gasteiger partial charge in [-0.2, -0.15) is 0 Å². The number of carbonyl (C=O) groups excluding carboxylic acids is 2. The van der Waals surface area contributed by atoms with Crippen molar-refractivity contribution in [2.75, 3.05) is 27.5 Å². The maximum absolute atomic E-state index is 11.8. The monoisotopic (exact) mass is 277 g/mol. The van der Waals surface area contributed by atoms with Gasteiger partial charge in [0.25, 0.3) is 0 Å². The minimum Gasteiger partial charge on any atom is -0.468 e. The third-order valence-corrected chi connectivity index (χ3v) is 2.79. The van der Waals surface area contributed by atoms with E-state index in [-0.39, 0.29) is 19.2 Å². The molecular formula is C14H15NO5. The molecule has 106 valence electrons. The van der Waals surface area contributed by atoms with Crippen molar-refractivity contribution in [3.63, 3.8) is 0 Å². The topological polar surface area (TPSA) is 65.1 Å². The standard InChI is InChI=1S/C14H15NO5/c1-15(8-14(17)18-2)13(16)6-4-10-3-5-11-12(7-10)20-9-19-11/h3-7H,8-9H2,1-2H3/b6-4+. The summed E-state index contributed by atoms with van der Waals surface area (Å²) in [4.78, 5) is 24.1. The summed E-state index contributed by atoms with van der Waals surface area (Å²) in [6.07, 6.45) is 3.04. The molecule has 1 aromatic carbocycles. The molecule has 20 heavy (non-hydrogen) atoms. The Kier molecular flexibility index (Phi) is 4.24. The molecule has 0 saturated carbocycles. The van der Waals surface area contributed by atoms with Gasteiger partial charge in [0.05, 0.1) is 7.11 Å². The van der Waals surface area contributed by atoms with E-state index in [1.54, 1.807) is 18.2 Å². The number of nitrogens with zero attached hydrogens (tertiary/aromatic N) is 1. The van der Waals surface area contributed by atoms with Crippen LogP contribution in [-0.2, 0) is 14.3 Å². The fourth-order valence-corrected chi connectivity index (χ4v) is 1.65. The Morgan fingerprint density at radius 3 is 2.85 bits per heavy atom. The first-order valence-electron chi connectivity index (χ1n) is 6.00. The van der Waals surface area contributed by atoms with Crippen molar-refractivity contribution in [1.29, 1.82) is 0 Å². The molecule has 0 aliphatic carbocycles. The Bertz CT molecular complexity index is 552. The van der Waals surface area contributed by atoms with Crippen molar-refractivity contribution in [3.8, 4) is 11.5 Å². The average Bonchev–Trinajstić information content (AvgIpc) is 2.91. The number of fused-ring (bicyclic) bond motifs is 1. The van der Waals surface area contributed by atoms with Gasteiger partial charge in [0.2, 0.25) is 12.7 Å². The molecule has 1 aliphatic rings. The second-order valence-corrected chi connectivity index (χ2v) is 4.22. The molecule has 0 atom stereocenters. The molecule has 6 nitrogen and oxygen atoms in total. The van der Waals surface area contributed by atoms with Crippen LogP contribution < -0.4 is 9.47 Å². The molecule has 0 aromatic heterocycles. The van der Waals surface area contributed by atoms with Gasteiger partial charge in [-0.3, -0.25) is 9.59 Å². The minimum absolute atomic E-state index is 0.0825. The molecule has 6 heteroatoms. The molecule has 1 aliphatic heterocycles. The van der Waals surface area contributed by atoms with E-state index in [0.29, 0.717) is 11.5 Å². The van der Waals surface area contributed by atoms with E-state index in [2.05, 4.69) is 4.74 Å². The third kappa shape index (κ3) is 3.28. The summed E-state index contributed by atoms with van der Waals surface area (Å²) in [6, 6.07) is 5.38. The number of ether oxygens (including phenoxy) is 3. The van der Waals surface area contributed by atoms with Crippen LogP contribution in [-0.4, -0.2) is 44.3 Å². The van der Waals surface area contributed by atoms with Crippen LogP contribution in [0.5, 0.6) is 11.5 Å². The second kappa shape index (κ2) is 6.10. The first-order valence-corrected chi connectivity index (χ1v) is 6.00. The molecule has 1 amide bonds.